The van der Waals surface area contributed by atoms with E-state index < -0.39 is 5.91 Å². The average molecular weight is 270 g/mol. The minimum Gasteiger partial charge on any atom is -0.319 e. The van der Waals surface area contributed by atoms with E-state index in [1.165, 1.54) is 11.4 Å². The Hall–Kier alpha value is -2.33. The quantitative estimate of drug-likeness (QED) is 0.512. The van der Waals surface area contributed by atoms with Crippen LogP contribution in [-0.4, -0.2) is 15.7 Å². The Morgan fingerprint density at radius 2 is 1.65 bits per heavy atom. The molecule has 2 N–H and O–H groups in total. The van der Waals surface area contributed by atoms with Gasteiger partial charge in [0.05, 0.1) is 0 Å². The van der Waals surface area contributed by atoms with Gasteiger partial charge in [-0.25, -0.2) is 5.48 Å². The first-order chi connectivity index (χ1) is 9.52. The Morgan fingerprint density at radius 3 is 2.15 bits per heavy atom. The molecule has 0 fully saturated rings. The Labute approximate surface area is 118 Å². The highest BCUT2D eigenvalue weighted by Crippen LogP contribution is 2.17. The number of aromatic nitrogens is 1. The second-order valence-electron chi connectivity index (χ2n) is 4.81. The maximum absolute atomic E-state index is 11.2. The van der Waals surface area contributed by atoms with Gasteiger partial charge in [-0.3, -0.25) is 10.0 Å². The standard InChI is InChI=1S/C16H18N2O2/c1-11(16(19)17-20)10-14-6-8-15(9-7-14)18-12(2)4-5-13(18)3/h4-10,20H,1-3H3,(H,17,19)/b11-10+. The molecule has 2 aromatic rings. The van der Waals surface area contributed by atoms with Crippen LogP contribution in [0.5, 0.6) is 0 Å². The summed E-state index contributed by atoms with van der Waals surface area (Å²) in [6, 6.07) is 12.1. The van der Waals surface area contributed by atoms with Crippen LogP contribution in [0.3, 0.4) is 0 Å². The van der Waals surface area contributed by atoms with Crippen molar-refractivity contribution in [3.63, 3.8) is 0 Å². The lowest BCUT2D eigenvalue weighted by Crippen LogP contribution is -2.19. The average Bonchev–Trinajstić information content (AvgIpc) is 2.78. The maximum Gasteiger partial charge on any atom is 0.270 e. The van der Waals surface area contributed by atoms with E-state index in [-0.39, 0.29) is 0 Å². The van der Waals surface area contributed by atoms with Crippen molar-refractivity contribution in [2.24, 2.45) is 0 Å². The summed E-state index contributed by atoms with van der Waals surface area (Å²) in [5.74, 6) is -0.494. The maximum atomic E-state index is 11.2. The summed E-state index contributed by atoms with van der Waals surface area (Å²) < 4.78 is 2.17. The molecule has 20 heavy (non-hydrogen) atoms. The fourth-order valence-corrected chi connectivity index (χ4v) is 2.20. The number of amides is 1. The van der Waals surface area contributed by atoms with E-state index in [2.05, 4.69) is 30.5 Å². The lowest BCUT2D eigenvalue weighted by Gasteiger charge is -2.09. The highest BCUT2D eigenvalue weighted by molar-refractivity contribution is 5.96. The first-order valence-corrected chi connectivity index (χ1v) is 6.41. The zero-order chi connectivity index (χ0) is 14.7. The SMILES string of the molecule is C/C(=C\c1ccc(-n2c(C)ccc2C)cc1)C(=O)NO. The molecule has 0 aliphatic carbocycles. The Kier molecular flexibility index (Phi) is 4.05. The Bertz CT molecular complexity index is 632. The zero-order valence-electron chi connectivity index (χ0n) is 11.8. The topological polar surface area (TPSA) is 54.3 Å². The normalized spacial score (nSPS) is 11.5. The second kappa shape index (κ2) is 5.75. The van der Waals surface area contributed by atoms with E-state index >= 15 is 0 Å². The molecule has 0 spiro atoms. The van der Waals surface area contributed by atoms with Crippen molar-refractivity contribution < 1.29 is 10.0 Å². The molecule has 0 unspecified atom stereocenters. The molecule has 1 aromatic carbocycles. The van der Waals surface area contributed by atoms with Crippen LogP contribution in [-0.2, 0) is 4.79 Å². The molecule has 0 aliphatic heterocycles. The molecule has 1 aromatic heterocycles. The molecule has 0 atom stereocenters. The van der Waals surface area contributed by atoms with Gasteiger partial charge >= 0.3 is 0 Å². The van der Waals surface area contributed by atoms with Crippen LogP contribution in [0.1, 0.15) is 23.9 Å². The third-order valence-corrected chi connectivity index (χ3v) is 3.27. The van der Waals surface area contributed by atoms with Crippen LogP contribution < -0.4 is 5.48 Å². The van der Waals surface area contributed by atoms with Gasteiger partial charge in [-0.2, -0.15) is 0 Å². The molecule has 0 saturated carbocycles. The van der Waals surface area contributed by atoms with Gasteiger partial charge in [-0.15, -0.1) is 0 Å². The van der Waals surface area contributed by atoms with Gasteiger partial charge in [-0.05, 0) is 56.7 Å². The number of hydroxylamine groups is 1. The Morgan fingerprint density at radius 1 is 1.10 bits per heavy atom. The predicted octanol–water partition coefficient (Wildman–Crippen LogP) is 3.00. The minimum absolute atomic E-state index is 0.452. The molecule has 4 heteroatoms. The third kappa shape index (κ3) is 2.81. The van der Waals surface area contributed by atoms with E-state index in [1.807, 2.05) is 24.3 Å². The summed E-state index contributed by atoms with van der Waals surface area (Å²) in [5.41, 5.74) is 6.44. The molecule has 0 saturated heterocycles. The van der Waals surface area contributed by atoms with Crippen LogP contribution in [0.25, 0.3) is 11.8 Å². The number of hydrogen-bond donors (Lipinski definition) is 2. The fraction of sp³-hybridized carbons (Fsp3) is 0.188. The Balaban J connectivity index is 2.30. The molecule has 104 valence electrons. The summed E-state index contributed by atoms with van der Waals surface area (Å²) in [6.45, 7) is 5.78. The summed E-state index contributed by atoms with van der Waals surface area (Å²) >= 11 is 0. The van der Waals surface area contributed by atoms with Crippen LogP contribution in [0.2, 0.25) is 0 Å². The largest absolute Gasteiger partial charge is 0.319 e. The van der Waals surface area contributed by atoms with Crippen molar-refractivity contribution in [2.45, 2.75) is 20.8 Å². The second-order valence-corrected chi connectivity index (χ2v) is 4.81. The van der Waals surface area contributed by atoms with E-state index in [9.17, 15) is 4.79 Å². The summed E-state index contributed by atoms with van der Waals surface area (Å²) in [4.78, 5) is 11.2. The molecule has 0 aliphatic rings. The predicted molar refractivity (Wildman–Crippen MR) is 78.8 cm³/mol. The van der Waals surface area contributed by atoms with E-state index in [4.69, 9.17) is 5.21 Å². The van der Waals surface area contributed by atoms with Gasteiger partial charge in [0.2, 0.25) is 0 Å². The van der Waals surface area contributed by atoms with Crippen molar-refractivity contribution >= 4 is 12.0 Å². The fourth-order valence-electron chi connectivity index (χ4n) is 2.20. The van der Waals surface area contributed by atoms with Gasteiger partial charge in [0.15, 0.2) is 0 Å². The van der Waals surface area contributed by atoms with Gasteiger partial charge in [0.1, 0.15) is 0 Å². The number of aryl methyl sites for hydroxylation is 2. The third-order valence-electron chi connectivity index (χ3n) is 3.27. The minimum atomic E-state index is -0.494. The number of rotatable bonds is 3. The van der Waals surface area contributed by atoms with Gasteiger partial charge < -0.3 is 4.57 Å². The van der Waals surface area contributed by atoms with Crippen molar-refractivity contribution in [3.8, 4) is 5.69 Å². The van der Waals surface area contributed by atoms with Crippen molar-refractivity contribution in [3.05, 3.63) is 58.9 Å². The van der Waals surface area contributed by atoms with Crippen LogP contribution in [0, 0.1) is 13.8 Å². The number of nitrogens with zero attached hydrogens (tertiary/aromatic N) is 1. The number of hydrogen-bond acceptors (Lipinski definition) is 2. The molecule has 1 amide bonds. The molecule has 4 nitrogen and oxygen atoms in total. The highest BCUT2D eigenvalue weighted by atomic mass is 16.5. The molecule has 2 rings (SSSR count). The number of benzene rings is 1. The molecular formula is C16H18N2O2. The van der Waals surface area contributed by atoms with E-state index in [0.29, 0.717) is 5.57 Å². The van der Waals surface area contributed by atoms with E-state index in [1.54, 1.807) is 18.5 Å². The van der Waals surface area contributed by atoms with Crippen molar-refractivity contribution in [2.75, 3.05) is 0 Å². The smallest absolute Gasteiger partial charge is 0.270 e. The molecular weight excluding hydrogens is 252 g/mol. The number of carbonyl (C=O) groups excluding carboxylic acids is 1. The van der Waals surface area contributed by atoms with Gasteiger partial charge in [0, 0.05) is 22.6 Å². The van der Waals surface area contributed by atoms with Gasteiger partial charge in [0.25, 0.3) is 5.91 Å². The lowest BCUT2D eigenvalue weighted by atomic mass is 10.1. The monoisotopic (exact) mass is 270 g/mol. The van der Waals surface area contributed by atoms with Crippen molar-refractivity contribution in [1.82, 2.24) is 10.0 Å². The number of carbonyl (C=O) groups is 1. The molecule has 0 bridgehead atoms. The summed E-state index contributed by atoms with van der Waals surface area (Å²) in [7, 11) is 0. The summed E-state index contributed by atoms with van der Waals surface area (Å²) in [6.07, 6.45) is 1.73. The van der Waals surface area contributed by atoms with Crippen LogP contribution >= 0.6 is 0 Å². The molecule has 1 heterocycles. The highest BCUT2D eigenvalue weighted by Gasteiger charge is 2.04. The first kappa shape index (κ1) is 14.1. The van der Waals surface area contributed by atoms with Crippen LogP contribution in [0.15, 0.2) is 42.0 Å². The lowest BCUT2D eigenvalue weighted by molar-refractivity contribution is -0.125. The van der Waals surface area contributed by atoms with Crippen LogP contribution in [0.4, 0.5) is 0 Å². The van der Waals surface area contributed by atoms with Crippen molar-refractivity contribution in [1.29, 1.82) is 0 Å². The van der Waals surface area contributed by atoms with Gasteiger partial charge in [-0.1, -0.05) is 12.1 Å². The number of nitrogens with one attached hydrogen (secondary N) is 1. The van der Waals surface area contributed by atoms with E-state index in [0.717, 1.165) is 11.3 Å². The zero-order valence-corrected chi connectivity index (χ0v) is 11.8. The summed E-state index contributed by atoms with van der Waals surface area (Å²) in [5, 5.41) is 8.57. The molecule has 0 radical (unpaired) electrons. The first-order valence-electron chi connectivity index (χ1n) is 6.41.